The smallest absolute Gasteiger partial charge is 0.414 e. The fraction of sp³-hybridized carbons (Fsp3) is 0.240. The van der Waals surface area contributed by atoms with E-state index in [0.717, 1.165) is 17.0 Å². The molecule has 0 radical (unpaired) electrons. The number of nitrogens with zero attached hydrogens (tertiary/aromatic N) is 3. The van der Waals surface area contributed by atoms with Crippen LogP contribution >= 0.6 is 11.6 Å². The van der Waals surface area contributed by atoms with Gasteiger partial charge in [-0.2, -0.15) is 0 Å². The van der Waals surface area contributed by atoms with E-state index in [4.69, 9.17) is 16.3 Å². The van der Waals surface area contributed by atoms with Crippen molar-refractivity contribution in [3.63, 3.8) is 0 Å². The number of carbonyl (C=O) groups is 2. The summed E-state index contributed by atoms with van der Waals surface area (Å²) in [5.41, 5.74) is 1.67. The zero-order valence-corrected chi connectivity index (χ0v) is 21.5. The number of anilines is 1. The van der Waals surface area contributed by atoms with Crippen LogP contribution in [-0.2, 0) is 14.8 Å². The van der Waals surface area contributed by atoms with Gasteiger partial charge in [0.05, 0.1) is 19.3 Å². The summed E-state index contributed by atoms with van der Waals surface area (Å²) >= 11 is 6.01. The van der Waals surface area contributed by atoms with Crippen molar-refractivity contribution in [2.24, 2.45) is 4.40 Å². The Labute approximate surface area is 214 Å². The average Bonchev–Trinajstić information content (AvgIpc) is 3.20. The van der Waals surface area contributed by atoms with E-state index < -0.39 is 22.2 Å². The highest BCUT2D eigenvalue weighted by molar-refractivity contribution is 7.89. The Morgan fingerprint density at radius 2 is 1.72 bits per heavy atom. The lowest BCUT2D eigenvalue weighted by molar-refractivity contribution is 0.0916. The standard InChI is InChI=1S/C25H25ClN4O5S/c1-29(2)23(28-36(3,33)34)16-7-10-21(11-8-16)30-15-22(35-25(30)32)14-27-24(31)19-5-4-18-13-20(26)9-6-17(18)12-19/h4-13,22H,14-15H2,1-3H3,(H,27,31)/b28-23+. The maximum Gasteiger partial charge on any atom is 0.414 e. The molecule has 1 atom stereocenters. The van der Waals surface area contributed by atoms with Crippen LogP contribution in [0.2, 0.25) is 5.02 Å². The van der Waals surface area contributed by atoms with E-state index in [0.29, 0.717) is 21.8 Å². The maximum absolute atomic E-state index is 12.7. The zero-order chi connectivity index (χ0) is 26.0. The molecule has 1 aliphatic rings. The number of benzene rings is 3. The molecular weight excluding hydrogens is 504 g/mol. The predicted octanol–water partition coefficient (Wildman–Crippen LogP) is 3.52. The molecule has 2 amide bonds. The number of nitrogens with one attached hydrogen (secondary N) is 1. The quantitative estimate of drug-likeness (QED) is 0.387. The number of carbonyl (C=O) groups excluding carboxylic acids is 2. The summed E-state index contributed by atoms with van der Waals surface area (Å²) in [6, 6.07) is 17.6. The molecule has 1 N–H and O–H groups in total. The van der Waals surface area contributed by atoms with E-state index in [1.54, 1.807) is 61.5 Å². The Kier molecular flexibility index (Phi) is 7.18. The topological polar surface area (TPSA) is 108 Å². The SMILES string of the molecule is CN(C)/C(=N/S(C)(=O)=O)c1ccc(N2CC(CNC(=O)c3ccc4cc(Cl)ccc4c3)OC2=O)cc1. The first-order valence-corrected chi connectivity index (χ1v) is 13.3. The molecule has 3 aromatic rings. The van der Waals surface area contributed by atoms with E-state index in [2.05, 4.69) is 9.71 Å². The van der Waals surface area contributed by atoms with Gasteiger partial charge in [0.1, 0.15) is 11.9 Å². The van der Waals surface area contributed by atoms with E-state index in [9.17, 15) is 18.0 Å². The van der Waals surface area contributed by atoms with E-state index in [-0.39, 0.29) is 24.8 Å². The lowest BCUT2D eigenvalue weighted by atomic mass is 10.1. The maximum atomic E-state index is 12.7. The van der Waals surface area contributed by atoms with Gasteiger partial charge in [-0.05, 0) is 59.3 Å². The normalized spacial score (nSPS) is 16.2. The molecule has 9 nitrogen and oxygen atoms in total. The third-order valence-corrected chi connectivity index (χ3v) is 6.28. The summed E-state index contributed by atoms with van der Waals surface area (Å²) in [7, 11) is -0.189. The fourth-order valence-corrected chi connectivity index (χ4v) is 4.61. The Balaban J connectivity index is 1.40. The van der Waals surface area contributed by atoms with Crippen molar-refractivity contribution < 1.29 is 22.7 Å². The largest absolute Gasteiger partial charge is 0.442 e. The first-order chi connectivity index (χ1) is 17.0. The summed E-state index contributed by atoms with van der Waals surface area (Å²) in [5, 5.41) is 5.28. The zero-order valence-electron chi connectivity index (χ0n) is 19.9. The summed E-state index contributed by atoms with van der Waals surface area (Å²) < 4.78 is 32.5. The summed E-state index contributed by atoms with van der Waals surface area (Å²) in [6.07, 6.45) is -0.0215. The van der Waals surface area contributed by atoms with Gasteiger partial charge >= 0.3 is 6.09 Å². The number of amidine groups is 1. The number of halogens is 1. The highest BCUT2D eigenvalue weighted by atomic mass is 35.5. The second-order valence-corrected chi connectivity index (χ2v) is 10.7. The van der Waals surface area contributed by atoms with Crippen molar-refractivity contribution in [1.82, 2.24) is 10.2 Å². The molecule has 4 rings (SSSR count). The lowest BCUT2D eigenvalue weighted by Gasteiger charge is -2.17. The molecule has 1 saturated heterocycles. The highest BCUT2D eigenvalue weighted by Crippen LogP contribution is 2.23. The van der Waals surface area contributed by atoms with Gasteiger partial charge in [-0.25, -0.2) is 13.2 Å². The van der Waals surface area contributed by atoms with Crippen molar-refractivity contribution in [1.29, 1.82) is 0 Å². The monoisotopic (exact) mass is 528 g/mol. The van der Waals surface area contributed by atoms with Crippen LogP contribution in [0.15, 0.2) is 65.1 Å². The van der Waals surface area contributed by atoms with Crippen LogP contribution in [0, 0.1) is 0 Å². The Bertz CT molecular complexity index is 1460. The first-order valence-electron chi connectivity index (χ1n) is 11.0. The van der Waals surface area contributed by atoms with Gasteiger partial charge in [0.25, 0.3) is 15.9 Å². The molecular formula is C25H25ClN4O5S. The summed E-state index contributed by atoms with van der Waals surface area (Å²) in [4.78, 5) is 28.2. The highest BCUT2D eigenvalue weighted by Gasteiger charge is 2.32. The van der Waals surface area contributed by atoms with Crippen LogP contribution in [0.1, 0.15) is 15.9 Å². The Morgan fingerprint density at radius 1 is 1.08 bits per heavy atom. The molecule has 188 valence electrons. The van der Waals surface area contributed by atoms with Gasteiger partial charge < -0.3 is 15.0 Å². The second-order valence-electron chi connectivity index (χ2n) is 8.62. The number of rotatable bonds is 6. The van der Waals surface area contributed by atoms with Gasteiger partial charge in [0.15, 0.2) is 0 Å². The Morgan fingerprint density at radius 3 is 2.39 bits per heavy atom. The molecule has 1 heterocycles. The van der Waals surface area contributed by atoms with Gasteiger partial charge in [-0.15, -0.1) is 4.40 Å². The molecule has 11 heteroatoms. The Hall–Kier alpha value is -3.63. The second kappa shape index (κ2) is 10.2. The van der Waals surface area contributed by atoms with Crippen LogP contribution < -0.4 is 10.2 Å². The number of hydrogen-bond donors (Lipinski definition) is 1. The minimum absolute atomic E-state index is 0.156. The van der Waals surface area contributed by atoms with Crippen LogP contribution in [0.5, 0.6) is 0 Å². The molecule has 0 spiro atoms. The third-order valence-electron chi connectivity index (χ3n) is 5.54. The molecule has 1 fully saturated rings. The number of cyclic esters (lactones) is 1. The molecule has 1 unspecified atom stereocenters. The molecule has 0 saturated carbocycles. The molecule has 0 aliphatic carbocycles. The van der Waals surface area contributed by atoms with Crippen molar-refractivity contribution in [2.75, 3.05) is 38.3 Å². The third kappa shape index (κ3) is 5.95. The minimum Gasteiger partial charge on any atom is -0.442 e. The predicted molar refractivity (Wildman–Crippen MR) is 140 cm³/mol. The number of fused-ring (bicyclic) bond motifs is 1. The fourth-order valence-electron chi connectivity index (χ4n) is 3.85. The van der Waals surface area contributed by atoms with Gasteiger partial charge in [0, 0.05) is 35.9 Å². The van der Waals surface area contributed by atoms with E-state index in [1.807, 2.05) is 18.2 Å². The van der Waals surface area contributed by atoms with Crippen LogP contribution in [0.3, 0.4) is 0 Å². The first kappa shape index (κ1) is 25.5. The van der Waals surface area contributed by atoms with Gasteiger partial charge in [-0.3, -0.25) is 9.69 Å². The van der Waals surface area contributed by atoms with E-state index in [1.165, 1.54) is 4.90 Å². The molecule has 0 bridgehead atoms. The number of amides is 2. The molecule has 0 aromatic heterocycles. The molecule has 1 aliphatic heterocycles. The summed E-state index contributed by atoms with van der Waals surface area (Å²) in [5.74, 6) is 0.0116. The average molecular weight is 529 g/mol. The van der Waals surface area contributed by atoms with Crippen LogP contribution in [0.4, 0.5) is 10.5 Å². The lowest BCUT2D eigenvalue weighted by Crippen LogP contribution is -2.34. The van der Waals surface area contributed by atoms with Gasteiger partial charge in [0.2, 0.25) is 0 Å². The summed E-state index contributed by atoms with van der Waals surface area (Å²) in [6.45, 7) is 0.413. The van der Waals surface area contributed by atoms with Crippen molar-refractivity contribution in [2.45, 2.75) is 6.10 Å². The number of sulfonamides is 1. The van der Waals surface area contributed by atoms with Crippen LogP contribution in [-0.4, -0.2) is 70.7 Å². The van der Waals surface area contributed by atoms with E-state index >= 15 is 0 Å². The molecule has 36 heavy (non-hydrogen) atoms. The van der Waals surface area contributed by atoms with Crippen molar-refractivity contribution in [3.05, 3.63) is 76.8 Å². The minimum atomic E-state index is -3.58. The van der Waals surface area contributed by atoms with Crippen molar-refractivity contribution >= 4 is 55.9 Å². The van der Waals surface area contributed by atoms with Crippen LogP contribution in [0.25, 0.3) is 10.8 Å². The van der Waals surface area contributed by atoms with Crippen molar-refractivity contribution in [3.8, 4) is 0 Å². The molecule has 3 aromatic carbocycles. The number of ether oxygens (including phenoxy) is 1. The van der Waals surface area contributed by atoms with Gasteiger partial charge in [-0.1, -0.05) is 23.7 Å². The number of hydrogen-bond acceptors (Lipinski definition) is 5.